The van der Waals surface area contributed by atoms with Gasteiger partial charge in [0.05, 0.1) is 6.61 Å². The molecule has 1 rings (SSSR count). The Morgan fingerprint density at radius 1 is 1.00 bits per heavy atom. The van der Waals surface area contributed by atoms with E-state index in [1.165, 1.54) is 11.1 Å². The fourth-order valence-electron chi connectivity index (χ4n) is 2.15. The maximum atomic E-state index is 5.91. The van der Waals surface area contributed by atoms with Crippen LogP contribution in [0.5, 0.6) is 5.75 Å². The van der Waals surface area contributed by atoms with E-state index in [9.17, 15) is 0 Å². The minimum atomic E-state index is 0.196. The number of ether oxygens (including phenoxy) is 1. The smallest absolute Gasteiger partial charge is 0.122 e. The molecule has 0 atom stereocenters. The Bertz CT molecular complexity index is 438. The lowest BCUT2D eigenvalue weighted by atomic mass is 9.86. The lowest BCUT2D eigenvalue weighted by molar-refractivity contribution is 0.299. The number of hydrogen-bond acceptors (Lipinski definition) is 2. The lowest BCUT2D eigenvalue weighted by Crippen LogP contribution is -2.36. The SMILES string of the molecule is Cc1cc(C(C)(C)C)ccc1OCCCCNC(C)(C)C. The van der Waals surface area contributed by atoms with Crippen molar-refractivity contribution in [3.05, 3.63) is 29.3 Å². The van der Waals surface area contributed by atoms with Crippen molar-refractivity contribution in [2.75, 3.05) is 13.2 Å². The maximum Gasteiger partial charge on any atom is 0.122 e. The summed E-state index contributed by atoms with van der Waals surface area (Å²) in [7, 11) is 0. The monoisotopic (exact) mass is 291 g/mol. The quantitative estimate of drug-likeness (QED) is 0.757. The van der Waals surface area contributed by atoms with E-state index in [0.29, 0.717) is 0 Å². The van der Waals surface area contributed by atoms with Gasteiger partial charge in [0.2, 0.25) is 0 Å². The minimum Gasteiger partial charge on any atom is -0.493 e. The van der Waals surface area contributed by atoms with Crippen LogP contribution in [0.25, 0.3) is 0 Å². The average Bonchev–Trinajstić information content (AvgIpc) is 2.32. The summed E-state index contributed by atoms with van der Waals surface area (Å²) in [6.45, 7) is 17.3. The molecule has 0 saturated heterocycles. The summed E-state index contributed by atoms with van der Waals surface area (Å²) >= 11 is 0. The van der Waals surface area contributed by atoms with E-state index < -0.39 is 0 Å². The molecule has 0 aliphatic rings. The molecule has 1 N–H and O–H groups in total. The van der Waals surface area contributed by atoms with Crippen molar-refractivity contribution in [3.63, 3.8) is 0 Å². The van der Waals surface area contributed by atoms with Gasteiger partial charge < -0.3 is 10.1 Å². The molecule has 0 aliphatic carbocycles. The van der Waals surface area contributed by atoms with Crippen molar-refractivity contribution in [3.8, 4) is 5.75 Å². The zero-order valence-corrected chi connectivity index (χ0v) is 15.0. The first-order chi connectivity index (χ1) is 9.59. The molecule has 0 amide bonds. The van der Waals surface area contributed by atoms with Gasteiger partial charge in [0.1, 0.15) is 5.75 Å². The molecule has 1 aromatic carbocycles. The van der Waals surface area contributed by atoms with Gasteiger partial charge in [-0.15, -0.1) is 0 Å². The molecule has 0 aromatic heterocycles. The number of hydrogen-bond donors (Lipinski definition) is 1. The summed E-state index contributed by atoms with van der Waals surface area (Å²) in [5, 5.41) is 3.50. The summed E-state index contributed by atoms with van der Waals surface area (Å²) in [4.78, 5) is 0. The molecule has 120 valence electrons. The van der Waals surface area contributed by atoms with Gasteiger partial charge >= 0.3 is 0 Å². The van der Waals surface area contributed by atoms with E-state index in [4.69, 9.17) is 4.74 Å². The Morgan fingerprint density at radius 3 is 2.19 bits per heavy atom. The fraction of sp³-hybridized carbons (Fsp3) is 0.684. The fourth-order valence-corrected chi connectivity index (χ4v) is 2.15. The first kappa shape index (κ1) is 18.0. The molecular weight excluding hydrogens is 258 g/mol. The number of rotatable bonds is 6. The molecule has 0 unspecified atom stereocenters. The summed E-state index contributed by atoms with van der Waals surface area (Å²) in [5.41, 5.74) is 3.00. The molecule has 2 nitrogen and oxygen atoms in total. The van der Waals surface area contributed by atoms with Crippen molar-refractivity contribution in [2.24, 2.45) is 0 Å². The molecule has 0 radical (unpaired) electrons. The number of unbranched alkanes of at least 4 members (excludes halogenated alkanes) is 1. The van der Waals surface area contributed by atoms with Crippen LogP contribution in [-0.2, 0) is 5.41 Å². The molecular formula is C19H33NO. The molecule has 0 fully saturated rings. The van der Waals surface area contributed by atoms with Crippen LogP contribution in [-0.4, -0.2) is 18.7 Å². The third-order valence-electron chi connectivity index (χ3n) is 3.52. The zero-order valence-electron chi connectivity index (χ0n) is 15.0. The van der Waals surface area contributed by atoms with Gasteiger partial charge in [-0.25, -0.2) is 0 Å². The predicted molar refractivity (Wildman–Crippen MR) is 92.4 cm³/mol. The Balaban J connectivity index is 2.36. The second kappa shape index (κ2) is 7.31. The van der Waals surface area contributed by atoms with Crippen LogP contribution in [0.1, 0.15) is 65.5 Å². The second-order valence-electron chi connectivity index (χ2n) is 7.96. The molecule has 0 aliphatic heterocycles. The minimum absolute atomic E-state index is 0.196. The van der Waals surface area contributed by atoms with E-state index >= 15 is 0 Å². The van der Waals surface area contributed by atoms with Crippen LogP contribution >= 0.6 is 0 Å². The molecule has 1 aromatic rings. The highest BCUT2D eigenvalue weighted by atomic mass is 16.5. The van der Waals surface area contributed by atoms with Crippen LogP contribution in [0.15, 0.2) is 18.2 Å². The van der Waals surface area contributed by atoms with E-state index in [1.54, 1.807) is 0 Å². The standard InChI is InChI=1S/C19H33NO/c1-15-14-16(18(2,3)4)10-11-17(15)21-13-9-8-12-20-19(5,6)7/h10-11,14,20H,8-9,12-13H2,1-7H3. The average molecular weight is 291 g/mol. The molecule has 0 heterocycles. The topological polar surface area (TPSA) is 21.3 Å². The molecule has 2 heteroatoms. The van der Waals surface area contributed by atoms with Crippen molar-refractivity contribution in [1.29, 1.82) is 0 Å². The Morgan fingerprint density at radius 2 is 1.67 bits per heavy atom. The van der Waals surface area contributed by atoms with Gasteiger partial charge in [-0.05, 0) is 69.7 Å². The molecule has 21 heavy (non-hydrogen) atoms. The summed E-state index contributed by atoms with van der Waals surface area (Å²) in [6, 6.07) is 6.54. The van der Waals surface area contributed by atoms with Crippen molar-refractivity contribution in [1.82, 2.24) is 5.32 Å². The number of aryl methyl sites for hydroxylation is 1. The highest BCUT2D eigenvalue weighted by Crippen LogP contribution is 2.27. The van der Waals surface area contributed by atoms with Crippen molar-refractivity contribution in [2.45, 2.75) is 72.3 Å². The zero-order chi connectivity index (χ0) is 16.1. The molecule has 0 spiro atoms. The normalized spacial score (nSPS) is 12.5. The van der Waals surface area contributed by atoms with E-state index in [-0.39, 0.29) is 11.0 Å². The summed E-state index contributed by atoms with van der Waals surface area (Å²) < 4.78 is 5.91. The second-order valence-corrected chi connectivity index (χ2v) is 7.96. The lowest BCUT2D eigenvalue weighted by Gasteiger charge is -2.21. The van der Waals surface area contributed by atoms with Crippen molar-refractivity contribution >= 4 is 0 Å². The van der Waals surface area contributed by atoms with Gasteiger partial charge in [-0.2, -0.15) is 0 Å². The Labute approximate surface area is 131 Å². The van der Waals surface area contributed by atoms with Crippen molar-refractivity contribution < 1.29 is 4.74 Å². The third kappa shape index (κ3) is 6.99. The van der Waals surface area contributed by atoms with Crippen LogP contribution in [0.4, 0.5) is 0 Å². The van der Waals surface area contributed by atoms with Crippen LogP contribution < -0.4 is 10.1 Å². The number of nitrogens with one attached hydrogen (secondary N) is 1. The van der Waals surface area contributed by atoms with Crippen LogP contribution in [0.3, 0.4) is 0 Å². The Hall–Kier alpha value is -1.02. The van der Waals surface area contributed by atoms with E-state index in [2.05, 4.69) is 72.0 Å². The van der Waals surface area contributed by atoms with Gasteiger partial charge in [-0.3, -0.25) is 0 Å². The summed E-state index contributed by atoms with van der Waals surface area (Å²) in [6.07, 6.45) is 2.24. The Kier molecular flexibility index (Phi) is 6.27. The highest BCUT2D eigenvalue weighted by Gasteiger charge is 2.14. The van der Waals surface area contributed by atoms with Crippen LogP contribution in [0.2, 0.25) is 0 Å². The van der Waals surface area contributed by atoms with Gasteiger partial charge in [0.25, 0.3) is 0 Å². The van der Waals surface area contributed by atoms with Gasteiger partial charge in [0.15, 0.2) is 0 Å². The molecule has 0 saturated carbocycles. The first-order valence-corrected chi connectivity index (χ1v) is 8.08. The first-order valence-electron chi connectivity index (χ1n) is 8.08. The van der Waals surface area contributed by atoms with E-state index in [1.807, 2.05) is 0 Å². The largest absolute Gasteiger partial charge is 0.493 e. The molecule has 0 bridgehead atoms. The van der Waals surface area contributed by atoms with E-state index in [0.717, 1.165) is 31.7 Å². The van der Waals surface area contributed by atoms with Gasteiger partial charge in [0, 0.05) is 5.54 Å². The third-order valence-corrected chi connectivity index (χ3v) is 3.52. The van der Waals surface area contributed by atoms with Crippen LogP contribution in [0, 0.1) is 6.92 Å². The maximum absolute atomic E-state index is 5.91. The predicted octanol–water partition coefficient (Wildman–Crippen LogP) is 4.84. The summed E-state index contributed by atoms with van der Waals surface area (Å²) in [5.74, 6) is 1.02. The van der Waals surface area contributed by atoms with Gasteiger partial charge in [-0.1, -0.05) is 32.9 Å². The number of benzene rings is 1. The highest BCUT2D eigenvalue weighted by molar-refractivity contribution is 5.38.